The van der Waals surface area contributed by atoms with Crippen molar-refractivity contribution >= 4 is 17.2 Å². The number of nitrogens with zero attached hydrogens (tertiary/aromatic N) is 2. The highest BCUT2D eigenvalue weighted by molar-refractivity contribution is 7.10. The number of hydrogen-bond donors (Lipinski definition) is 2. The van der Waals surface area contributed by atoms with Gasteiger partial charge in [0.1, 0.15) is 0 Å². The monoisotopic (exact) mass is 344 g/mol. The van der Waals surface area contributed by atoms with Gasteiger partial charge in [-0.05, 0) is 50.6 Å². The van der Waals surface area contributed by atoms with Crippen molar-refractivity contribution in [2.24, 2.45) is 5.73 Å². The first-order valence-corrected chi connectivity index (χ1v) is 9.32. The molecule has 1 saturated heterocycles. The van der Waals surface area contributed by atoms with Crippen LogP contribution < -0.4 is 11.1 Å². The van der Waals surface area contributed by atoms with Crippen LogP contribution >= 0.6 is 11.3 Å². The summed E-state index contributed by atoms with van der Waals surface area (Å²) in [5.41, 5.74) is 7.07. The predicted molar refractivity (Wildman–Crippen MR) is 96.8 cm³/mol. The highest BCUT2D eigenvalue weighted by Crippen LogP contribution is 2.22. The Morgan fingerprint density at radius 3 is 3.00 bits per heavy atom. The number of aromatic nitrogens is 1. The van der Waals surface area contributed by atoms with Crippen molar-refractivity contribution in [1.29, 1.82) is 0 Å². The van der Waals surface area contributed by atoms with Crippen LogP contribution in [-0.2, 0) is 13.1 Å². The maximum Gasteiger partial charge on any atom is 0.249 e. The van der Waals surface area contributed by atoms with E-state index in [1.807, 2.05) is 29.8 Å². The van der Waals surface area contributed by atoms with E-state index in [0.717, 1.165) is 38.3 Å². The first-order valence-electron chi connectivity index (χ1n) is 8.44. The van der Waals surface area contributed by atoms with Crippen molar-refractivity contribution in [3.8, 4) is 0 Å². The quantitative estimate of drug-likeness (QED) is 0.844. The van der Waals surface area contributed by atoms with E-state index in [9.17, 15) is 4.79 Å². The van der Waals surface area contributed by atoms with Crippen molar-refractivity contribution in [2.45, 2.75) is 38.4 Å². The summed E-state index contributed by atoms with van der Waals surface area (Å²) in [7, 11) is 0. The number of hydrogen-bond acceptors (Lipinski definition) is 5. The molecule has 128 valence electrons. The van der Waals surface area contributed by atoms with Gasteiger partial charge in [0.2, 0.25) is 5.91 Å². The van der Waals surface area contributed by atoms with E-state index in [2.05, 4.69) is 21.3 Å². The van der Waals surface area contributed by atoms with Crippen LogP contribution in [0.4, 0.5) is 0 Å². The second-order valence-corrected chi connectivity index (χ2v) is 7.22. The number of carbonyl (C=O) groups is 1. The van der Waals surface area contributed by atoms with E-state index in [1.165, 1.54) is 17.7 Å². The van der Waals surface area contributed by atoms with Gasteiger partial charge < -0.3 is 11.1 Å². The van der Waals surface area contributed by atoms with E-state index >= 15 is 0 Å². The number of amides is 1. The van der Waals surface area contributed by atoms with Crippen LogP contribution in [0.3, 0.4) is 0 Å². The summed E-state index contributed by atoms with van der Waals surface area (Å²) >= 11 is 1.61. The molecule has 1 aliphatic rings. The topological polar surface area (TPSA) is 71.2 Å². The van der Waals surface area contributed by atoms with Crippen LogP contribution in [0.25, 0.3) is 0 Å². The molecule has 3 heterocycles. The van der Waals surface area contributed by atoms with Crippen molar-refractivity contribution in [1.82, 2.24) is 15.2 Å². The van der Waals surface area contributed by atoms with Crippen LogP contribution in [-0.4, -0.2) is 34.9 Å². The summed E-state index contributed by atoms with van der Waals surface area (Å²) in [6, 6.07) is 8.51. The van der Waals surface area contributed by atoms with Crippen molar-refractivity contribution in [3.63, 3.8) is 0 Å². The molecule has 0 bridgehead atoms. The number of thiophene rings is 1. The molecule has 2 aromatic rings. The number of primary amides is 1. The van der Waals surface area contributed by atoms with Crippen LogP contribution in [0.5, 0.6) is 0 Å². The Labute approximate surface area is 146 Å². The average molecular weight is 344 g/mol. The average Bonchev–Trinajstić information content (AvgIpc) is 2.89. The third-order valence-corrected chi connectivity index (χ3v) is 5.37. The van der Waals surface area contributed by atoms with Gasteiger partial charge in [0, 0.05) is 35.6 Å². The van der Waals surface area contributed by atoms with E-state index in [1.54, 1.807) is 11.3 Å². The van der Waals surface area contributed by atoms with Crippen molar-refractivity contribution in [3.05, 3.63) is 52.0 Å². The fourth-order valence-electron chi connectivity index (χ4n) is 3.17. The van der Waals surface area contributed by atoms with Gasteiger partial charge in [-0.15, -0.1) is 11.3 Å². The van der Waals surface area contributed by atoms with Crippen LogP contribution in [0.15, 0.2) is 35.8 Å². The normalized spacial score (nSPS) is 18.5. The molecule has 0 aliphatic carbocycles. The Bertz CT molecular complexity index is 650. The van der Waals surface area contributed by atoms with Crippen molar-refractivity contribution < 1.29 is 4.79 Å². The predicted octanol–water partition coefficient (Wildman–Crippen LogP) is 2.39. The molecule has 0 radical (unpaired) electrons. The Hall–Kier alpha value is -1.76. The molecule has 1 atom stereocenters. The Balaban J connectivity index is 1.76. The summed E-state index contributed by atoms with van der Waals surface area (Å²) < 4.78 is 0. The van der Waals surface area contributed by atoms with Crippen LogP contribution in [0.1, 0.15) is 40.2 Å². The zero-order chi connectivity index (χ0) is 16.8. The smallest absolute Gasteiger partial charge is 0.249 e. The van der Waals surface area contributed by atoms with Crippen LogP contribution in [0, 0.1) is 0 Å². The lowest BCUT2D eigenvalue weighted by Gasteiger charge is -2.30. The van der Waals surface area contributed by atoms with Gasteiger partial charge in [0.15, 0.2) is 0 Å². The largest absolute Gasteiger partial charge is 0.366 e. The lowest BCUT2D eigenvalue weighted by Crippen LogP contribution is -2.35. The number of pyridine rings is 1. The molecular formula is C18H24N4OS. The lowest BCUT2D eigenvalue weighted by atomic mass is 10.1. The summed E-state index contributed by atoms with van der Waals surface area (Å²) in [6.07, 6.45) is 5.37. The number of carbonyl (C=O) groups excluding carboxylic acids is 1. The lowest BCUT2D eigenvalue weighted by molar-refractivity contribution is 0.100. The van der Waals surface area contributed by atoms with Crippen molar-refractivity contribution in [2.75, 3.05) is 13.1 Å². The van der Waals surface area contributed by atoms with E-state index in [0.29, 0.717) is 11.6 Å². The zero-order valence-corrected chi connectivity index (χ0v) is 14.6. The van der Waals surface area contributed by atoms with Gasteiger partial charge in [-0.2, -0.15) is 0 Å². The molecule has 0 saturated carbocycles. The molecule has 3 rings (SSSR count). The molecule has 5 nitrogen and oxygen atoms in total. The Morgan fingerprint density at radius 2 is 2.25 bits per heavy atom. The minimum Gasteiger partial charge on any atom is -0.366 e. The molecule has 3 N–H and O–H groups in total. The minimum absolute atomic E-state index is 0.354. The highest BCUT2D eigenvalue weighted by Gasteiger charge is 2.21. The maximum atomic E-state index is 11.3. The summed E-state index contributed by atoms with van der Waals surface area (Å²) in [6.45, 7) is 3.81. The first-order chi connectivity index (χ1) is 11.7. The van der Waals surface area contributed by atoms with Gasteiger partial charge in [-0.3, -0.25) is 14.7 Å². The Kier molecular flexibility index (Phi) is 5.96. The third kappa shape index (κ3) is 4.63. The molecule has 0 spiro atoms. The molecule has 1 aliphatic heterocycles. The molecule has 6 heteroatoms. The molecule has 2 aromatic heterocycles. The number of nitrogens with one attached hydrogen (secondary N) is 1. The SMILES string of the molecule is NC(=O)c1csc(CN(Cc2ccccn2)C2CCCNCC2)c1. The zero-order valence-electron chi connectivity index (χ0n) is 13.8. The van der Waals surface area contributed by atoms with Crippen LogP contribution in [0.2, 0.25) is 0 Å². The summed E-state index contributed by atoms with van der Waals surface area (Å²) in [4.78, 5) is 19.5. The number of rotatable bonds is 6. The summed E-state index contributed by atoms with van der Waals surface area (Å²) in [5.74, 6) is -0.354. The van der Waals surface area contributed by atoms with Gasteiger partial charge in [-0.25, -0.2) is 0 Å². The van der Waals surface area contributed by atoms with Gasteiger partial charge >= 0.3 is 0 Å². The number of nitrogens with two attached hydrogens (primary N) is 1. The first kappa shape index (κ1) is 17.1. The minimum atomic E-state index is -0.354. The highest BCUT2D eigenvalue weighted by atomic mass is 32.1. The molecule has 24 heavy (non-hydrogen) atoms. The fourth-order valence-corrected chi connectivity index (χ4v) is 4.07. The molecule has 1 fully saturated rings. The molecule has 0 aromatic carbocycles. The fraction of sp³-hybridized carbons (Fsp3) is 0.444. The van der Waals surface area contributed by atoms with E-state index in [-0.39, 0.29) is 5.91 Å². The van der Waals surface area contributed by atoms with E-state index in [4.69, 9.17) is 5.73 Å². The van der Waals surface area contributed by atoms with Gasteiger partial charge in [0.05, 0.1) is 11.3 Å². The van der Waals surface area contributed by atoms with E-state index < -0.39 is 0 Å². The molecule has 1 amide bonds. The molecular weight excluding hydrogens is 320 g/mol. The summed E-state index contributed by atoms with van der Waals surface area (Å²) in [5, 5.41) is 5.33. The molecule has 1 unspecified atom stereocenters. The second kappa shape index (κ2) is 8.37. The van der Waals surface area contributed by atoms with Gasteiger partial charge in [-0.1, -0.05) is 6.07 Å². The maximum absolute atomic E-state index is 11.3. The standard InChI is InChI=1S/C18H24N4OS/c19-18(23)14-10-17(24-13-14)12-22(11-15-4-1-2-8-21-15)16-5-3-7-20-9-6-16/h1-2,4,8,10,13,16,20H,3,5-7,9,11-12H2,(H2,19,23). The second-order valence-electron chi connectivity index (χ2n) is 6.23. The Morgan fingerprint density at radius 1 is 1.33 bits per heavy atom. The van der Waals surface area contributed by atoms with Gasteiger partial charge in [0.25, 0.3) is 0 Å². The third-order valence-electron chi connectivity index (χ3n) is 4.45.